The summed E-state index contributed by atoms with van der Waals surface area (Å²) in [5.41, 5.74) is 0.476. The highest BCUT2D eigenvalue weighted by Crippen LogP contribution is 2.35. The Morgan fingerprint density at radius 1 is 0.981 bits per heavy atom. The maximum Gasteiger partial charge on any atom is 0.434 e. The maximum atomic E-state index is 14.4. The molecule has 3 heterocycles. The summed E-state index contributed by atoms with van der Waals surface area (Å²) in [6.07, 6.45) is -0.929. The van der Waals surface area contributed by atoms with Gasteiger partial charge in [-0.1, -0.05) is 25.1 Å². The Morgan fingerprint density at radius 2 is 1.68 bits per heavy atom. The van der Waals surface area contributed by atoms with E-state index in [0.717, 1.165) is 11.6 Å². The largest absolute Gasteiger partial charge is 0.497 e. The van der Waals surface area contributed by atoms with E-state index in [-0.39, 0.29) is 36.0 Å². The molecule has 3 amide bonds. The van der Waals surface area contributed by atoms with Crippen LogP contribution >= 0.6 is 11.6 Å². The number of carbonyl (C=O) groups excluding carboxylic acids is 3. The van der Waals surface area contributed by atoms with Crippen LogP contribution in [-0.4, -0.2) is 75.7 Å². The van der Waals surface area contributed by atoms with E-state index in [4.69, 9.17) is 16.3 Å². The third-order valence-corrected chi connectivity index (χ3v) is 9.05. The smallest absolute Gasteiger partial charge is 0.434 e. The lowest BCUT2D eigenvalue weighted by molar-refractivity contribution is -0.143. The number of methoxy groups -OCH3 is 1. The molecule has 16 heteroatoms. The number of anilines is 3. The van der Waals surface area contributed by atoms with Gasteiger partial charge in [0.2, 0.25) is 11.8 Å². The van der Waals surface area contributed by atoms with Crippen molar-refractivity contribution in [3.63, 3.8) is 0 Å². The summed E-state index contributed by atoms with van der Waals surface area (Å²) in [5, 5.41) is 10.3. The van der Waals surface area contributed by atoms with Crippen molar-refractivity contribution in [3.8, 4) is 11.4 Å². The van der Waals surface area contributed by atoms with Gasteiger partial charge in [-0.25, -0.2) is 14.6 Å². The van der Waals surface area contributed by atoms with E-state index in [1.165, 1.54) is 49.8 Å². The fraction of sp³-hybridized carbons (Fsp3) is 0.243. The maximum absolute atomic E-state index is 14.4. The molecule has 1 saturated heterocycles. The van der Waals surface area contributed by atoms with Crippen LogP contribution in [0.3, 0.4) is 0 Å². The molecule has 0 saturated carbocycles. The van der Waals surface area contributed by atoms with Gasteiger partial charge in [0.05, 0.1) is 30.1 Å². The average molecular weight is 747 g/mol. The van der Waals surface area contributed by atoms with Crippen LogP contribution in [0.2, 0.25) is 5.02 Å². The lowest BCUT2D eigenvalue weighted by atomic mass is 10.0. The van der Waals surface area contributed by atoms with Crippen molar-refractivity contribution >= 4 is 57.4 Å². The number of aromatic nitrogens is 4. The Labute approximate surface area is 307 Å². The van der Waals surface area contributed by atoms with Crippen molar-refractivity contribution in [2.45, 2.75) is 25.9 Å². The van der Waals surface area contributed by atoms with Crippen LogP contribution in [0.15, 0.2) is 79.8 Å². The first-order valence-electron chi connectivity index (χ1n) is 16.5. The third-order valence-electron chi connectivity index (χ3n) is 8.70. The summed E-state index contributed by atoms with van der Waals surface area (Å²) >= 11 is 6.83. The molecule has 2 aromatic heterocycles. The normalized spacial score (nSPS) is 13.2. The van der Waals surface area contributed by atoms with Crippen LogP contribution in [0.4, 0.5) is 30.4 Å². The minimum absolute atomic E-state index is 0.0796. The zero-order valence-electron chi connectivity index (χ0n) is 28.7. The number of alkyl halides is 3. The Balaban J connectivity index is 1.29. The number of amides is 3. The SMILES string of the molecule is C=CC(=O)N1CCN(c2ncnc3cc(Cc4cc(NC(=O)CC)cc(NC(=O)c5cnn(-c6ccc(OC)cc6)c5C(F)(F)F)c4)c(Cl)cc23)CC1. The second kappa shape index (κ2) is 15.3. The number of nitrogens with zero attached hydrogens (tertiary/aromatic N) is 6. The lowest BCUT2D eigenvalue weighted by Gasteiger charge is -2.35. The number of halogens is 4. The summed E-state index contributed by atoms with van der Waals surface area (Å²) < 4.78 is 49.0. The number of carbonyl (C=O) groups is 3. The van der Waals surface area contributed by atoms with Crippen molar-refractivity contribution < 1.29 is 32.3 Å². The fourth-order valence-corrected chi connectivity index (χ4v) is 6.30. The lowest BCUT2D eigenvalue weighted by Crippen LogP contribution is -2.48. The van der Waals surface area contributed by atoms with Gasteiger partial charge in [-0.2, -0.15) is 18.3 Å². The molecule has 0 atom stereocenters. The molecule has 0 aliphatic carbocycles. The van der Waals surface area contributed by atoms with Gasteiger partial charge in [0.15, 0.2) is 5.69 Å². The minimum atomic E-state index is -4.93. The summed E-state index contributed by atoms with van der Waals surface area (Å²) in [7, 11) is 1.43. The second-order valence-corrected chi connectivity index (χ2v) is 12.5. The van der Waals surface area contributed by atoms with Crippen molar-refractivity contribution in [1.29, 1.82) is 0 Å². The number of benzene rings is 3. The Kier molecular flexibility index (Phi) is 10.7. The van der Waals surface area contributed by atoms with Crippen LogP contribution in [0.1, 0.15) is 40.5 Å². The highest BCUT2D eigenvalue weighted by Gasteiger charge is 2.40. The van der Waals surface area contributed by atoms with Gasteiger partial charge >= 0.3 is 6.18 Å². The number of nitrogens with one attached hydrogen (secondary N) is 2. The van der Waals surface area contributed by atoms with Gasteiger partial charge in [0, 0.05) is 54.4 Å². The first-order valence-corrected chi connectivity index (χ1v) is 16.9. The quantitative estimate of drug-likeness (QED) is 0.154. The van der Waals surface area contributed by atoms with Crippen molar-refractivity contribution in [3.05, 3.63) is 107 Å². The van der Waals surface area contributed by atoms with Crippen LogP contribution in [0.5, 0.6) is 5.75 Å². The van der Waals surface area contributed by atoms with Crippen molar-refractivity contribution in [2.24, 2.45) is 0 Å². The van der Waals surface area contributed by atoms with E-state index in [1.807, 2.05) is 6.07 Å². The number of piperazine rings is 1. The van der Waals surface area contributed by atoms with Crippen molar-refractivity contribution in [2.75, 3.05) is 48.8 Å². The molecule has 1 fully saturated rings. The Bertz CT molecular complexity index is 2200. The van der Waals surface area contributed by atoms with E-state index >= 15 is 0 Å². The van der Waals surface area contributed by atoms with Gasteiger partial charge in [-0.15, -0.1) is 0 Å². The topological polar surface area (TPSA) is 135 Å². The van der Waals surface area contributed by atoms with Gasteiger partial charge in [-0.05, 0) is 78.2 Å². The van der Waals surface area contributed by atoms with Crippen molar-refractivity contribution in [1.82, 2.24) is 24.6 Å². The van der Waals surface area contributed by atoms with Crippen LogP contribution < -0.4 is 20.3 Å². The molecule has 5 aromatic rings. The molecule has 1 aliphatic rings. The molecule has 2 N–H and O–H groups in total. The number of hydrogen-bond acceptors (Lipinski definition) is 8. The summed E-state index contributed by atoms with van der Waals surface area (Å²) in [4.78, 5) is 50.6. The van der Waals surface area contributed by atoms with Gasteiger partial charge in [-0.3, -0.25) is 14.4 Å². The standard InChI is InChI=1S/C37H34ClF3N8O4/c1-4-32(50)45-24-15-22(14-23-17-31-28(19-30(23)38)35(43-21-42-31)48-12-10-47(11-13-48)33(51)5-2)16-25(18-24)46-36(52)29-20-44-49(34(29)37(39,40)41)26-6-8-27(53-3)9-7-26/h5-9,15-21H,2,4,10-14H2,1,3H3,(H,45,50)(H,46,52). The second-order valence-electron chi connectivity index (χ2n) is 12.1. The molecule has 3 aromatic carbocycles. The molecule has 0 spiro atoms. The highest BCUT2D eigenvalue weighted by atomic mass is 35.5. The fourth-order valence-electron chi connectivity index (χ4n) is 6.07. The van der Waals surface area contributed by atoms with E-state index in [9.17, 15) is 27.6 Å². The first-order chi connectivity index (χ1) is 25.4. The van der Waals surface area contributed by atoms with E-state index in [0.29, 0.717) is 69.8 Å². The van der Waals surface area contributed by atoms with Crippen LogP contribution in [0, 0.1) is 0 Å². The number of fused-ring (bicyclic) bond motifs is 1. The Morgan fingerprint density at radius 3 is 2.32 bits per heavy atom. The van der Waals surface area contributed by atoms with Gasteiger partial charge in [0.1, 0.15) is 17.9 Å². The zero-order chi connectivity index (χ0) is 37.9. The van der Waals surface area contributed by atoms with Crippen LogP contribution in [-0.2, 0) is 22.2 Å². The van der Waals surface area contributed by atoms with Gasteiger partial charge < -0.3 is 25.2 Å². The predicted molar refractivity (Wildman–Crippen MR) is 195 cm³/mol. The molecule has 274 valence electrons. The molecule has 0 unspecified atom stereocenters. The molecule has 0 bridgehead atoms. The molecular formula is C37H34ClF3N8O4. The van der Waals surface area contributed by atoms with E-state index < -0.39 is 23.3 Å². The van der Waals surface area contributed by atoms with E-state index in [1.54, 1.807) is 30.0 Å². The third kappa shape index (κ3) is 8.09. The summed E-state index contributed by atoms with van der Waals surface area (Å²) in [6, 6.07) is 14.1. The average Bonchev–Trinajstić information content (AvgIpc) is 3.61. The number of hydrogen-bond donors (Lipinski definition) is 2. The molecular weight excluding hydrogens is 713 g/mol. The highest BCUT2D eigenvalue weighted by molar-refractivity contribution is 6.32. The van der Waals surface area contributed by atoms with E-state index in [2.05, 4.69) is 37.2 Å². The predicted octanol–water partition coefficient (Wildman–Crippen LogP) is 6.52. The molecule has 12 nitrogen and oxygen atoms in total. The molecule has 53 heavy (non-hydrogen) atoms. The number of rotatable bonds is 10. The molecule has 1 aliphatic heterocycles. The van der Waals surface area contributed by atoms with Gasteiger partial charge in [0.25, 0.3) is 5.91 Å². The zero-order valence-corrected chi connectivity index (χ0v) is 29.5. The number of ether oxygens (including phenoxy) is 1. The Hall–Kier alpha value is -5.96. The molecule has 0 radical (unpaired) electrons. The monoisotopic (exact) mass is 746 g/mol. The first kappa shape index (κ1) is 36.8. The minimum Gasteiger partial charge on any atom is -0.497 e. The summed E-state index contributed by atoms with van der Waals surface area (Å²) in [5.74, 6) is -0.364. The summed E-state index contributed by atoms with van der Waals surface area (Å²) in [6.45, 7) is 7.36. The van der Waals surface area contributed by atoms with Crippen LogP contribution in [0.25, 0.3) is 16.6 Å². The molecule has 6 rings (SSSR count).